The summed E-state index contributed by atoms with van der Waals surface area (Å²) in [4.78, 5) is -0.114. The predicted octanol–water partition coefficient (Wildman–Crippen LogP) is 2.66. The number of anilines is 2. The van der Waals surface area contributed by atoms with Crippen LogP contribution in [-0.2, 0) is 10.0 Å². The van der Waals surface area contributed by atoms with Gasteiger partial charge in [-0.3, -0.25) is 4.72 Å². The maximum absolute atomic E-state index is 12.8. The molecule has 2 atom stereocenters. The van der Waals surface area contributed by atoms with E-state index in [4.69, 9.17) is 21.1 Å². The summed E-state index contributed by atoms with van der Waals surface area (Å²) in [6, 6.07) is 9.25. The molecule has 2 unspecified atom stereocenters. The maximum Gasteiger partial charge on any atom is 0.265 e. The first-order chi connectivity index (χ1) is 11.8. The predicted molar refractivity (Wildman–Crippen MR) is 95.0 cm³/mol. The number of aliphatic hydroxyl groups is 1. The van der Waals surface area contributed by atoms with E-state index >= 15 is 0 Å². The molecule has 0 amide bonds. The molecule has 0 aliphatic carbocycles. The quantitative estimate of drug-likeness (QED) is 0.749. The summed E-state index contributed by atoms with van der Waals surface area (Å²) in [5, 5.41) is 12.8. The van der Waals surface area contributed by atoms with Crippen LogP contribution in [0.25, 0.3) is 0 Å². The van der Waals surface area contributed by atoms with Crippen molar-refractivity contribution in [3.63, 3.8) is 0 Å². The lowest BCUT2D eigenvalue weighted by Gasteiger charge is -2.31. The summed E-state index contributed by atoms with van der Waals surface area (Å²) in [7, 11) is -2.43. The number of sulfonamides is 1. The van der Waals surface area contributed by atoms with Crippen molar-refractivity contribution in [1.82, 2.24) is 0 Å². The number of fused-ring (bicyclic) bond motifs is 1. The van der Waals surface area contributed by atoms with Crippen LogP contribution in [0.5, 0.6) is 11.5 Å². The van der Waals surface area contributed by atoms with Crippen molar-refractivity contribution in [3.05, 3.63) is 41.4 Å². The summed E-state index contributed by atoms with van der Waals surface area (Å²) in [5.74, 6) is 0.724. The van der Waals surface area contributed by atoms with Gasteiger partial charge < -0.3 is 19.9 Å². The van der Waals surface area contributed by atoms with Gasteiger partial charge >= 0.3 is 0 Å². The highest BCUT2D eigenvalue weighted by molar-refractivity contribution is 7.92. The van der Waals surface area contributed by atoms with E-state index in [0.717, 1.165) is 0 Å². The lowest BCUT2D eigenvalue weighted by molar-refractivity contribution is 0.0547. The number of benzene rings is 2. The van der Waals surface area contributed by atoms with Crippen LogP contribution < -0.4 is 19.5 Å². The van der Waals surface area contributed by atoms with Gasteiger partial charge in [0.05, 0.1) is 12.8 Å². The molecule has 9 heteroatoms. The fraction of sp³-hybridized carbons (Fsp3) is 0.250. The van der Waals surface area contributed by atoms with Gasteiger partial charge in [0.15, 0.2) is 12.0 Å². The molecule has 0 saturated heterocycles. The second-order valence-electron chi connectivity index (χ2n) is 5.53. The summed E-state index contributed by atoms with van der Waals surface area (Å²) < 4.78 is 38.7. The zero-order valence-electron chi connectivity index (χ0n) is 13.5. The Morgan fingerprint density at radius 1 is 1.28 bits per heavy atom. The summed E-state index contributed by atoms with van der Waals surface area (Å²) in [5.41, 5.74) is 0.680. The zero-order chi connectivity index (χ0) is 18.2. The van der Waals surface area contributed by atoms with Gasteiger partial charge in [0.25, 0.3) is 10.0 Å². The molecule has 1 aliphatic rings. The van der Waals surface area contributed by atoms with Crippen LogP contribution in [-0.4, -0.2) is 33.0 Å². The van der Waals surface area contributed by atoms with E-state index in [-0.39, 0.29) is 15.7 Å². The van der Waals surface area contributed by atoms with Crippen LogP contribution in [0.3, 0.4) is 0 Å². The number of hydrogen-bond acceptors (Lipinski definition) is 6. The van der Waals surface area contributed by atoms with Crippen LogP contribution in [0.4, 0.5) is 11.4 Å². The van der Waals surface area contributed by atoms with Crippen molar-refractivity contribution in [3.8, 4) is 11.5 Å². The molecule has 1 heterocycles. The Bertz CT molecular complexity index is 886. The van der Waals surface area contributed by atoms with Crippen LogP contribution in [0.15, 0.2) is 41.3 Å². The molecule has 0 radical (unpaired) electrons. The van der Waals surface area contributed by atoms with Gasteiger partial charge in [-0.1, -0.05) is 11.6 Å². The summed E-state index contributed by atoms with van der Waals surface area (Å²) in [6.07, 6.45) is -1.58. The van der Waals surface area contributed by atoms with E-state index in [0.29, 0.717) is 17.1 Å². The van der Waals surface area contributed by atoms with Crippen molar-refractivity contribution in [2.45, 2.75) is 24.2 Å². The Morgan fingerprint density at radius 2 is 1.96 bits per heavy atom. The fourth-order valence-corrected chi connectivity index (χ4v) is 3.92. The van der Waals surface area contributed by atoms with Gasteiger partial charge in [-0.25, -0.2) is 8.42 Å². The molecule has 3 N–H and O–H groups in total. The molecular weight excluding hydrogens is 368 g/mol. The highest BCUT2D eigenvalue weighted by Gasteiger charge is 2.31. The number of aliphatic hydroxyl groups excluding tert-OH is 1. The first-order valence-corrected chi connectivity index (χ1v) is 9.28. The molecule has 25 heavy (non-hydrogen) atoms. The van der Waals surface area contributed by atoms with Gasteiger partial charge in [-0.15, -0.1) is 0 Å². The molecule has 2 aromatic carbocycles. The van der Waals surface area contributed by atoms with Crippen LogP contribution in [0, 0.1) is 0 Å². The first kappa shape index (κ1) is 17.7. The highest BCUT2D eigenvalue weighted by Crippen LogP contribution is 2.40. The standard InChI is InChI=1S/C16H17ClN2O5S/c1-9-16(20)18-13-7-10(17)8-14(15(13)24-9)25(21,22)19-11-3-5-12(23-2)6-4-11/h3-9,16,18-20H,1-2H3. The Hall–Kier alpha value is -2.16. The zero-order valence-corrected chi connectivity index (χ0v) is 15.1. The number of nitrogens with one attached hydrogen (secondary N) is 2. The second-order valence-corrected chi connectivity index (χ2v) is 7.61. The number of rotatable bonds is 4. The fourth-order valence-electron chi connectivity index (χ4n) is 2.39. The largest absolute Gasteiger partial charge is 0.497 e. The van der Waals surface area contributed by atoms with Gasteiger partial charge in [-0.2, -0.15) is 0 Å². The van der Waals surface area contributed by atoms with E-state index in [1.165, 1.54) is 19.2 Å². The van der Waals surface area contributed by atoms with Crippen molar-refractivity contribution in [2.24, 2.45) is 0 Å². The monoisotopic (exact) mass is 384 g/mol. The molecule has 3 rings (SSSR count). The minimum Gasteiger partial charge on any atom is -0.497 e. The lowest BCUT2D eigenvalue weighted by atomic mass is 10.2. The van der Waals surface area contributed by atoms with Crippen molar-refractivity contribution < 1.29 is 23.0 Å². The number of halogens is 1. The number of hydrogen-bond donors (Lipinski definition) is 3. The molecule has 134 valence electrons. The highest BCUT2D eigenvalue weighted by atomic mass is 35.5. The molecule has 0 saturated carbocycles. The normalized spacial score (nSPS) is 19.4. The van der Waals surface area contributed by atoms with Gasteiger partial charge in [0.1, 0.15) is 16.7 Å². The second kappa shape index (κ2) is 6.62. The van der Waals surface area contributed by atoms with Crippen LogP contribution >= 0.6 is 11.6 Å². The third-order valence-corrected chi connectivity index (χ3v) is 5.31. The molecule has 0 aromatic heterocycles. The molecule has 7 nitrogen and oxygen atoms in total. The van der Waals surface area contributed by atoms with E-state index in [1.54, 1.807) is 31.2 Å². The van der Waals surface area contributed by atoms with E-state index < -0.39 is 22.4 Å². The molecular formula is C16H17ClN2O5S. The minimum atomic E-state index is -3.96. The number of methoxy groups -OCH3 is 1. The van der Waals surface area contributed by atoms with Gasteiger partial charge in [0.2, 0.25) is 0 Å². The maximum atomic E-state index is 12.8. The summed E-state index contributed by atoms with van der Waals surface area (Å²) in [6.45, 7) is 1.63. The summed E-state index contributed by atoms with van der Waals surface area (Å²) >= 11 is 6.03. The van der Waals surface area contributed by atoms with Gasteiger partial charge in [0, 0.05) is 10.7 Å². The van der Waals surface area contributed by atoms with Crippen molar-refractivity contribution in [2.75, 3.05) is 17.1 Å². The molecule has 0 fully saturated rings. The van der Waals surface area contributed by atoms with Crippen LogP contribution in [0.2, 0.25) is 5.02 Å². The third-order valence-electron chi connectivity index (χ3n) is 3.70. The smallest absolute Gasteiger partial charge is 0.265 e. The SMILES string of the molecule is COc1ccc(NS(=O)(=O)c2cc(Cl)cc3c2OC(C)C(O)N3)cc1. The Balaban J connectivity index is 1.99. The third kappa shape index (κ3) is 3.60. The molecule has 0 bridgehead atoms. The van der Waals surface area contributed by atoms with E-state index in [9.17, 15) is 13.5 Å². The molecule has 2 aromatic rings. The molecule has 0 spiro atoms. The Labute approximate surface area is 150 Å². The van der Waals surface area contributed by atoms with E-state index in [2.05, 4.69) is 10.0 Å². The van der Waals surface area contributed by atoms with Crippen LogP contribution in [0.1, 0.15) is 6.92 Å². The Kier molecular flexibility index (Phi) is 4.68. The van der Waals surface area contributed by atoms with Gasteiger partial charge in [-0.05, 0) is 43.3 Å². The topological polar surface area (TPSA) is 96.9 Å². The van der Waals surface area contributed by atoms with Crippen molar-refractivity contribution in [1.29, 1.82) is 0 Å². The first-order valence-electron chi connectivity index (χ1n) is 7.42. The average Bonchev–Trinajstić information content (AvgIpc) is 2.56. The average molecular weight is 385 g/mol. The lowest BCUT2D eigenvalue weighted by Crippen LogP contribution is -2.39. The van der Waals surface area contributed by atoms with E-state index in [1.807, 2.05) is 0 Å². The minimum absolute atomic E-state index is 0.114. The molecule has 1 aliphatic heterocycles. The number of ether oxygens (including phenoxy) is 2. The Morgan fingerprint density at radius 3 is 2.60 bits per heavy atom. The van der Waals surface area contributed by atoms with Crippen molar-refractivity contribution >= 4 is 33.0 Å².